The number of carbonyl (C=O) groups excluding carboxylic acids is 1. The molecule has 6 heteroatoms. The molecule has 1 N–H and O–H groups in total. The molecule has 0 bridgehead atoms. The van der Waals surface area contributed by atoms with Crippen molar-refractivity contribution in [2.45, 2.75) is 44.9 Å². The first-order valence-electron chi connectivity index (χ1n) is 8.84. The van der Waals surface area contributed by atoms with Gasteiger partial charge in [-0.25, -0.2) is 9.67 Å². The quantitative estimate of drug-likeness (QED) is 0.724. The van der Waals surface area contributed by atoms with Gasteiger partial charge in [0, 0.05) is 16.7 Å². The van der Waals surface area contributed by atoms with Crippen molar-refractivity contribution in [3.05, 3.63) is 58.9 Å². The van der Waals surface area contributed by atoms with Crippen molar-refractivity contribution in [3.63, 3.8) is 0 Å². The van der Waals surface area contributed by atoms with E-state index in [-0.39, 0.29) is 11.3 Å². The Morgan fingerprint density at radius 3 is 2.58 bits per heavy atom. The number of nitrogens with one attached hydrogen (secondary N) is 1. The van der Waals surface area contributed by atoms with E-state index in [0.29, 0.717) is 16.7 Å². The molecule has 26 heavy (non-hydrogen) atoms. The smallest absolute Gasteiger partial charge is 0.276 e. The molecule has 1 aliphatic rings. The van der Waals surface area contributed by atoms with Crippen molar-refractivity contribution < 1.29 is 4.79 Å². The molecule has 3 aromatic rings. The molecule has 4 rings (SSSR count). The Hall–Kier alpha value is -2.47. The number of nitrogens with zero attached hydrogens (tertiary/aromatic N) is 3. The Morgan fingerprint density at radius 2 is 1.96 bits per heavy atom. The summed E-state index contributed by atoms with van der Waals surface area (Å²) in [6.45, 7) is 6.33. The summed E-state index contributed by atoms with van der Waals surface area (Å²) >= 11 is 1.45. The standard InChI is InChI=1S/C20H22N4OS/c1-20(2,3)17-12-26-19(21-17)22-18(25)16-11-15(13-9-10-13)23-24(16)14-7-5-4-6-8-14/h4-8,11-13H,9-10H2,1-3H3,(H,21,22,25). The summed E-state index contributed by atoms with van der Waals surface area (Å²) < 4.78 is 1.74. The molecule has 1 aliphatic carbocycles. The van der Waals surface area contributed by atoms with Gasteiger partial charge in [0.25, 0.3) is 5.91 Å². The Balaban J connectivity index is 1.64. The van der Waals surface area contributed by atoms with Crippen LogP contribution in [-0.4, -0.2) is 20.7 Å². The lowest BCUT2D eigenvalue weighted by Gasteiger charge is -2.14. The lowest BCUT2D eigenvalue weighted by molar-refractivity contribution is 0.101. The largest absolute Gasteiger partial charge is 0.296 e. The maximum atomic E-state index is 12.9. The molecule has 1 saturated carbocycles. The van der Waals surface area contributed by atoms with E-state index < -0.39 is 0 Å². The number of hydrogen-bond acceptors (Lipinski definition) is 4. The topological polar surface area (TPSA) is 59.8 Å². The van der Waals surface area contributed by atoms with Crippen molar-refractivity contribution >= 4 is 22.4 Å². The van der Waals surface area contributed by atoms with Gasteiger partial charge in [-0.15, -0.1) is 11.3 Å². The van der Waals surface area contributed by atoms with Gasteiger partial charge in [0.05, 0.1) is 17.1 Å². The molecule has 0 atom stereocenters. The van der Waals surface area contributed by atoms with E-state index in [1.165, 1.54) is 11.3 Å². The summed E-state index contributed by atoms with van der Waals surface area (Å²) in [4.78, 5) is 17.5. The van der Waals surface area contributed by atoms with E-state index in [9.17, 15) is 4.79 Å². The highest BCUT2D eigenvalue weighted by molar-refractivity contribution is 7.14. The van der Waals surface area contributed by atoms with Crippen molar-refractivity contribution in [2.24, 2.45) is 0 Å². The van der Waals surface area contributed by atoms with Gasteiger partial charge in [-0.05, 0) is 31.0 Å². The highest BCUT2D eigenvalue weighted by atomic mass is 32.1. The Labute approximate surface area is 157 Å². The maximum Gasteiger partial charge on any atom is 0.276 e. The second kappa shape index (κ2) is 6.36. The molecule has 5 nitrogen and oxygen atoms in total. The van der Waals surface area contributed by atoms with Crippen LogP contribution in [0.25, 0.3) is 5.69 Å². The fourth-order valence-electron chi connectivity index (χ4n) is 2.74. The molecular formula is C20H22N4OS. The lowest BCUT2D eigenvalue weighted by atomic mass is 9.93. The number of amides is 1. The van der Waals surface area contributed by atoms with E-state index in [1.807, 2.05) is 41.8 Å². The van der Waals surface area contributed by atoms with Crippen LogP contribution >= 0.6 is 11.3 Å². The van der Waals surface area contributed by atoms with Crippen molar-refractivity contribution in [2.75, 3.05) is 5.32 Å². The summed E-state index contributed by atoms with van der Waals surface area (Å²) in [5.41, 5.74) is 3.37. The first-order chi connectivity index (χ1) is 12.4. The number of hydrogen-bond donors (Lipinski definition) is 1. The van der Waals surface area contributed by atoms with Crippen LogP contribution in [0, 0.1) is 0 Å². The van der Waals surface area contributed by atoms with Gasteiger partial charge in [0.2, 0.25) is 0 Å². The molecule has 0 spiro atoms. The second-order valence-corrected chi connectivity index (χ2v) is 8.58. The van der Waals surface area contributed by atoms with Crippen molar-refractivity contribution in [3.8, 4) is 5.69 Å². The molecule has 1 fully saturated rings. The second-order valence-electron chi connectivity index (χ2n) is 7.72. The normalized spacial score (nSPS) is 14.4. The fraction of sp³-hybridized carbons (Fsp3) is 0.350. The van der Waals surface area contributed by atoms with E-state index in [4.69, 9.17) is 0 Å². The molecule has 0 saturated heterocycles. The fourth-order valence-corrected chi connectivity index (χ4v) is 3.67. The molecule has 2 aromatic heterocycles. The van der Waals surface area contributed by atoms with Gasteiger partial charge in [0.15, 0.2) is 5.13 Å². The molecule has 0 radical (unpaired) electrons. The Kier molecular flexibility index (Phi) is 4.15. The molecular weight excluding hydrogens is 344 g/mol. The summed E-state index contributed by atoms with van der Waals surface area (Å²) in [5.74, 6) is 0.307. The maximum absolute atomic E-state index is 12.9. The van der Waals surface area contributed by atoms with E-state index in [0.717, 1.165) is 29.9 Å². The van der Waals surface area contributed by atoms with E-state index in [1.54, 1.807) is 4.68 Å². The van der Waals surface area contributed by atoms with Crippen LogP contribution in [0.4, 0.5) is 5.13 Å². The third kappa shape index (κ3) is 3.42. The number of carbonyl (C=O) groups is 1. The van der Waals surface area contributed by atoms with Gasteiger partial charge < -0.3 is 0 Å². The number of rotatable bonds is 4. The van der Waals surface area contributed by atoms with Gasteiger partial charge in [0.1, 0.15) is 5.69 Å². The lowest BCUT2D eigenvalue weighted by Crippen LogP contribution is -2.17. The van der Waals surface area contributed by atoms with Crippen LogP contribution in [0.2, 0.25) is 0 Å². The average molecular weight is 366 g/mol. The number of aromatic nitrogens is 3. The SMILES string of the molecule is CC(C)(C)c1csc(NC(=O)c2cc(C3CC3)nn2-c2ccccc2)n1. The molecule has 2 heterocycles. The minimum atomic E-state index is -0.178. The van der Waals surface area contributed by atoms with Gasteiger partial charge >= 0.3 is 0 Å². The highest BCUT2D eigenvalue weighted by Crippen LogP contribution is 2.39. The summed E-state index contributed by atoms with van der Waals surface area (Å²) in [7, 11) is 0. The number of anilines is 1. The first-order valence-corrected chi connectivity index (χ1v) is 9.72. The summed E-state index contributed by atoms with van der Waals surface area (Å²) in [6.07, 6.45) is 2.29. The van der Waals surface area contributed by atoms with Crippen LogP contribution < -0.4 is 5.32 Å². The summed E-state index contributed by atoms with van der Waals surface area (Å²) in [6, 6.07) is 11.7. The Morgan fingerprint density at radius 1 is 1.23 bits per heavy atom. The molecule has 0 aliphatic heterocycles. The molecule has 1 amide bonds. The predicted octanol–water partition coefficient (Wildman–Crippen LogP) is 4.76. The minimum absolute atomic E-state index is 0.0373. The zero-order valence-corrected chi connectivity index (χ0v) is 16.0. The van der Waals surface area contributed by atoms with Crippen LogP contribution in [0.5, 0.6) is 0 Å². The van der Waals surface area contributed by atoms with Crippen LogP contribution in [0.1, 0.15) is 61.4 Å². The van der Waals surface area contributed by atoms with Crippen molar-refractivity contribution in [1.82, 2.24) is 14.8 Å². The zero-order valence-electron chi connectivity index (χ0n) is 15.2. The number of para-hydroxylation sites is 1. The minimum Gasteiger partial charge on any atom is -0.296 e. The summed E-state index contributed by atoms with van der Waals surface area (Å²) in [5, 5.41) is 10.2. The van der Waals surface area contributed by atoms with Gasteiger partial charge in [-0.2, -0.15) is 5.10 Å². The van der Waals surface area contributed by atoms with E-state index in [2.05, 4.69) is 36.2 Å². The molecule has 0 unspecified atom stereocenters. The Bertz CT molecular complexity index is 932. The van der Waals surface area contributed by atoms with Gasteiger partial charge in [-0.1, -0.05) is 39.0 Å². The number of thiazole rings is 1. The van der Waals surface area contributed by atoms with Crippen LogP contribution in [-0.2, 0) is 5.41 Å². The number of benzene rings is 1. The van der Waals surface area contributed by atoms with Crippen LogP contribution in [0.15, 0.2) is 41.8 Å². The van der Waals surface area contributed by atoms with Crippen molar-refractivity contribution in [1.29, 1.82) is 0 Å². The highest BCUT2D eigenvalue weighted by Gasteiger charge is 2.29. The van der Waals surface area contributed by atoms with Gasteiger partial charge in [-0.3, -0.25) is 10.1 Å². The first kappa shape index (κ1) is 17.0. The monoisotopic (exact) mass is 366 g/mol. The zero-order chi connectivity index (χ0) is 18.3. The predicted molar refractivity (Wildman–Crippen MR) is 104 cm³/mol. The van der Waals surface area contributed by atoms with E-state index >= 15 is 0 Å². The molecule has 1 aromatic carbocycles. The third-order valence-corrected chi connectivity index (χ3v) is 5.21. The molecule has 134 valence electrons. The van der Waals surface area contributed by atoms with Crippen LogP contribution in [0.3, 0.4) is 0 Å². The average Bonchev–Trinajstić information content (AvgIpc) is 3.17. The third-order valence-electron chi connectivity index (χ3n) is 4.45.